The molecule has 0 saturated carbocycles. The zero-order chi connectivity index (χ0) is 12.3. The lowest BCUT2D eigenvalue weighted by molar-refractivity contribution is 0.0690. The van der Waals surface area contributed by atoms with E-state index in [1.165, 1.54) is 12.1 Å². The van der Waals surface area contributed by atoms with Gasteiger partial charge in [0.2, 0.25) is 0 Å². The van der Waals surface area contributed by atoms with E-state index in [2.05, 4.69) is 0 Å². The van der Waals surface area contributed by atoms with Crippen LogP contribution in [0.2, 0.25) is 0 Å². The summed E-state index contributed by atoms with van der Waals surface area (Å²) in [5.41, 5.74) is -0.220. The standard InChI is InChI=1S/C11H12O5/c1-6(2)16-9-4-3-7(10(12)13)5-8(9)11(14)15/h3-6H,1-2H3,(H,12,13)(H,14,15). The molecule has 0 amide bonds. The number of carboxylic acid groups (broad SMARTS) is 2. The van der Waals surface area contributed by atoms with Gasteiger partial charge in [0, 0.05) is 0 Å². The minimum atomic E-state index is -1.21. The van der Waals surface area contributed by atoms with Crippen molar-refractivity contribution >= 4 is 11.9 Å². The number of aromatic carboxylic acids is 2. The predicted molar refractivity (Wildman–Crippen MR) is 56.1 cm³/mol. The van der Waals surface area contributed by atoms with Crippen molar-refractivity contribution < 1.29 is 24.5 Å². The molecule has 0 spiro atoms. The third-order valence-electron chi connectivity index (χ3n) is 1.82. The second kappa shape index (κ2) is 4.65. The van der Waals surface area contributed by atoms with Crippen LogP contribution in [0, 0.1) is 0 Å². The van der Waals surface area contributed by atoms with Gasteiger partial charge in [-0.2, -0.15) is 0 Å². The van der Waals surface area contributed by atoms with Crippen molar-refractivity contribution in [3.63, 3.8) is 0 Å². The number of rotatable bonds is 4. The van der Waals surface area contributed by atoms with Crippen molar-refractivity contribution in [3.8, 4) is 5.75 Å². The molecule has 1 rings (SSSR count). The fourth-order valence-electron chi connectivity index (χ4n) is 1.19. The highest BCUT2D eigenvalue weighted by Crippen LogP contribution is 2.21. The Kier molecular flexibility index (Phi) is 3.50. The molecule has 0 bridgehead atoms. The van der Waals surface area contributed by atoms with E-state index in [0.717, 1.165) is 6.07 Å². The molecule has 2 N–H and O–H groups in total. The van der Waals surface area contributed by atoms with Gasteiger partial charge < -0.3 is 14.9 Å². The maximum Gasteiger partial charge on any atom is 0.339 e. The minimum absolute atomic E-state index is 0.0755. The number of hydrogen-bond donors (Lipinski definition) is 2. The van der Waals surface area contributed by atoms with Crippen molar-refractivity contribution in [2.75, 3.05) is 0 Å². The number of carboxylic acids is 2. The number of ether oxygens (including phenoxy) is 1. The Balaban J connectivity index is 3.19. The molecule has 5 heteroatoms. The summed E-state index contributed by atoms with van der Waals surface area (Å²) in [5, 5.41) is 17.6. The molecule has 0 aromatic heterocycles. The highest BCUT2D eigenvalue weighted by molar-refractivity contribution is 5.95. The summed E-state index contributed by atoms with van der Waals surface area (Å²) in [7, 11) is 0. The van der Waals surface area contributed by atoms with Gasteiger partial charge in [-0.25, -0.2) is 9.59 Å². The van der Waals surface area contributed by atoms with Gasteiger partial charge in [-0.3, -0.25) is 0 Å². The average Bonchev–Trinajstić information content (AvgIpc) is 2.16. The summed E-state index contributed by atoms with van der Waals surface area (Å²) in [5.74, 6) is -2.20. The van der Waals surface area contributed by atoms with Crippen LogP contribution in [0.5, 0.6) is 5.75 Å². The summed E-state index contributed by atoms with van der Waals surface area (Å²) in [6.45, 7) is 3.52. The normalized spacial score (nSPS) is 10.2. The minimum Gasteiger partial charge on any atom is -0.490 e. The van der Waals surface area contributed by atoms with E-state index in [1.807, 2.05) is 0 Å². The first-order valence-electron chi connectivity index (χ1n) is 4.69. The largest absolute Gasteiger partial charge is 0.490 e. The molecule has 86 valence electrons. The lowest BCUT2D eigenvalue weighted by atomic mass is 10.1. The van der Waals surface area contributed by atoms with E-state index >= 15 is 0 Å². The van der Waals surface area contributed by atoms with E-state index in [9.17, 15) is 9.59 Å². The summed E-state index contributed by atoms with van der Waals surface area (Å²) in [6, 6.07) is 3.75. The van der Waals surface area contributed by atoms with Crippen LogP contribution in [0.15, 0.2) is 18.2 Å². The second-order valence-electron chi connectivity index (χ2n) is 3.49. The lowest BCUT2D eigenvalue weighted by Gasteiger charge is -2.12. The Morgan fingerprint density at radius 3 is 2.25 bits per heavy atom. The van der Waals surface area contributed by atoms with Gasteiger partial charge in [-0.05, 0) is 32.0 Å². The summed E-state index contributed by atoms with van der Waals surface area (Å²) in [4.78, 5) is 21.6. The first-order chi connectivity index (χ1) is 7.41. The fourth-order valence-corrected chi connectivity index (χ4v) is 1.19. The van der Waals surface area contributed by atoms with Gasteiger partial charge in [-0.15, -0.1) is 0 Å². The van der Waals surface area contributed by atoms with Crippen LogP contribution < -0.4 is 4.74 Å². The number of benzene rings is 1. The molecular formula is C11H12O5. The fraction of sp³-hybridized carbons (Fsp3) is 0.273. The molecule has 5 nitrogen and oxygen atoms in total. The first kappa shape index (κ1) is 12.0. The van der Waals surface area contributed by atoms with Gasteiger partial charge in [-0.1, -0.05) is 0 Å². The first-order valence-corrected chi connectivity index (χ1v) is 4.69. The van der Waals surface area contributed by atoms with E-state index in [4.69, 9.17) is 14.9 Å². The van der Waals surface area contributed by atoms with Crippen LogP contribution in [0.3, 0.4) is 0 Å². The maximum atomic E-state index is 10.9. The third kappa shape index (κ3) is 2.73. The van der Waals surface area contributed by atoms with Crippen molar-refractivity contribution in [2.24, 2.45) is 0 Å². The van der Waals surface area contributed by atoms with Crippen LogP contribution in [0.4, 0.5) is 0 Å². The predicted octanol–water partition coefficient (Wildman–Crippen LogP) is 1.87. The number of hydrogen-bond acceptors (Lipinski definition) is 3. The van der Waals surface area contributed by atoms with Crippen LogP contribution in [-0.4, -0.2) is 28.3 Å². The summed E-state index contributed by atoms with van der Waals surface area (Å²) >= 11 is 0. The smallest absolute Gasteiger partial charge is 0.339 e. The highest BCUT2D eigenvalue weighted by atomic mass is 16.5. The molecule has 0 unspecified atom stereocenters. The Hall–Kier alpha value is -2.04. The zero-order valence-corrected chi connectivity index (χ0v) is 8.93. The molecule has 0 fully saturated rings. The molecule has 0 atom stereocenters. The molecule has 0 radical (unpaired) electrons. The van der Waals surface area contributed by atoms with Gasteiger partial charge in [0.25, 0.3) is 0 Å². The third-order valence-corrected chi connectivity index (χ3v) is 1.82. The van der Waals surface area contributed by atoms with Crippen molar-refractivity contribution in [1.29, 1.82) is 0 Å². The van der Waals surface area contributed by atoms with Crippen molar-refractivity contribution in [2.45, 2.75) is 20.0 Å². The van der Waals surface area contributed by atoms with Gasteiger partial charge >= 0.3 is 11.9 Å². The summed E-state index contributed by atoms with van der Waals surface area (Å²) in [6.07, 6.45) is -0.172. The van der Waals surface area contributed by atoms with Gasteiger partial charge in [0.15, 0.2) is 0 Å². The molecule has 1 aromatic rings. The molecule has 0 aliphatic rings. The van der Waals surface area contributed by atoms with E-state index in [-0.39, 0.29) is 23.0 Å². The molecule has 1 aromatic carbocycles. The van der Waals surface area contributed by atoms with Crippen LogP contribution >= 0.6 is 0 Å². The van der Waals surface area contributed by atoms with Gasteiger partial charge in [0.1, 0.15) is 11.3 Å². The van der Waals surface area contributed by atoms with Crippen LogP contribution in [0.1, 0.15) is 34.6 Å². The Bertz CT molecular complexity index is 422. The zero-order valence-electron chi connectivity index (χ0n) is 8.93. The van der Waals surface area contributed by atoms with Gasteiger partial charge in [0.05, 0.1) is 11.7 Å². The Morgan fingerprint density at radius 1 is 1.19 bits per heavy atom. The van der Waals surface area contributed by atoms with Crippen molar-refractivity contribution in [3.05, 3.63) is 29.3 Å². The second-order valence-corrected chi connectivity index (χ2v) is 3.49. The molecule has 0 saturated heterocycles. The van der Waals surface area contributed by atoms with E-state index < -0.39 is 11.9 Å². The Labute approximate surface area is 92.3 Å². The molecule has 16 heavy (non-hydrogen) atoms. The Morgan fingerprint density at radius 2 is 1.81 bits per heavy atom. The van der Waals surface area contributed by atoms with Crippen LogP contribution in [-0.2, 0) is 0 Å². The SMILES string of the molecule is CC(C)Oc1ccc(C(=O)O)cc1C(=O)O. The molecule has 0 aliphatic heterocycles. The average molecular weight is 224 g/mol. The monoisotopic (exact) mass is 224 g/mol. The molecular weight excluding hydrogens is 212 g/mol. The topological polar surface area (TPSA) is 83.8 Å². The van der Waals surface area contributed by atoms with Crippen molar-refractivity contribution in [1.82, 2.24) is 0 Å². The van der Waals surface area contributed by atoms with E-state index in [0.29, 0.717) is 0 Å². The molecule has 0 aliphatic carbocycles. The lowest BCUT2D eigenvalue weighted by Crippen LogP contribution is -2.11. The highest BCUT2D eigenvalue weighted by Gasteiger charge is 2.15. The summed E-state index contributed by atoms with van der Waals surface area (Å²) < 4.78 is 5.27. The number of carbonyl (C=O) groups is 2. The quantitative estimate of drug-likeness (QED) is 0.815. The molecule has 0 heterocycles. The maximum absolute atomic E-state index is 10.9. The van der Waals surface area contributed by atoms with E-state index in [1.54, 1.807) is 13.8 Å². The van der Waals surface area contributed by atoms with Crippen LogP contribution in [0.25, 0.3) is 0 Å².